The summed E-state index contributed by atoms with van der Waals surface area (Å²) in [5.41, 5.74) is 1.51. The molecule has 0 fully saturated rings. The second kappa shape index (κ2) is 8.60. The molecule has 150 valence electrons. The van der Waals surface area contributed by atoms with Gasteiger partial charge in [0, 0.05) is 12.1 Å². The van der Waals surface area contributed by atoms with Crippen molar-refractivity contribution in [1.82, 2.24) is 5.32 Å². The summed E-state index contributed by atoms with van der Waals surface area (Å²) in [6.45, 7) is 0.391. The van der Waals surface area contributed by atoms with Crippen LogP contribution in [0.15, 0.2) is 30.3 Å². The number of ether oxygens (including phenoxy) is 5. The Hall–Kier alpha value is -3.29. The number of carbonyl (C=O) groups is 1. The molecule has 0 saturated heterocycles. The van der Waals surface area contributed by atoms with E-state index in [2.05, 4.69) is 10.6 Å². The third kappa shape index (κ3) is 4.16. The third-order valence-electron chi connectivity index (χ3n) is 4.43. The fourth-order valence-corrected chi connectivity index (χ4v) is 3.10. The van der Waals surface area contributed by atoms with Crippen molar-refractivity contribution in [2.45, 2.75) is 12.5 Å². The molecule has 0 saturated carbocycles. The van der Waals surface area contributed by atoms with Crippen LogP contribution in [0.25, 0.3) is 0 Å². The van der Waals surface area contributed by atoms with E-state index in [0.717, 1.165) is 17.1 Å². The molecule has 28 heavy (non-hydrogen) atoms. The Morgan fingerprint density at radius 1 is 1.00 bits per heavy atom. The number of carbonyl (C=O) groups excluding carboxylic acids is 1. The smallest absolute Gasteiger partial charge is 0.319 e. The molecule has 0 aromatic heterocycles. The van der Waals surface area contributed by atoms with Crippen molar-refractivity contribution in [3.63, 3.8) is 0 Å². The highest BCUT2D eigenvalue weighted by molar-refractivity contribution is 5.90. The van der Waals surface area contributed by atoms with Crippen LogP contribution in [-0.2, 0) is 6.42 Å². The number of urea groups is 1. The Kier molecular flexibility index (Phi) is 5.98. The number of amides is 2. The van der Waals surface area contributed by atoms with Gasteiger partial charge in [0.1, 0.15) is 18.1 Å². The normalized spacial score (nSPS) is 14.9. The van der Waals surface area contributed by atoms with E-state index in [9.17, 15) is 4.79 Å². The largest absolute Gasteiger partial charge is 0.497 e. The molecule has 0 spiro atoms. The Morgan fingerprint density at radius 2 is 1.71 bits per heavy atom. The predicted octanol–water partition coefficient (Wildman–Crippen LogP) is 2.85. The summed E-state index contributed by atoms with van der Waals surface area (Å²) in [7, 11) is 6.18. The summed E-state index contributed by atoms with van der Waals surface area (Å²) in [4.78, 5) is 12.5. The minimum Gasteiger partial charge on any atom is -0.497 e. The van der Waals surface area contributed by atoms with Crippen LogP contribution in [0.5, 0.6) is 28.7 Å². The summed E-state index contributed by atoms with van der Waals surface area (Å²) >= 11 is 0. The van der Waals surface area contributed by atoms with E-state index >= 15 is 0 Å². The second-order valence-electron chi connectivity index (χ2n) is 6.20. The standard InChI is InChI=1S/C20H24N2O6/c1-24-15-5-6-16-12(8-15)7-14(11-28-16)22-20(23)21-13-9-17(25-2)19(27-4)18(10-13)26-3/h5-6,8-10,14H,7,11H2,1-4H3,(H2,21,22,23). The van der Waals surface area contributed by atoms with E-state index < -0.39 is 0 Å². The topological polar surface area (TPSA) is 87.3 Å². The summed E-state index contributed by atoms with van der Waals surface area (Å²) in [5, 5.41) is 5.71. The first-order valence-electron chi connectivity index (χ1n) is 8.75. The lowest BCUT2D eigenvalue weighted by Crippen LogP contribution is -2.44. The lowest BCUT2D eigenvalue weighted by atomic mass is 10.0. The van der Waals surface area contributed by atoms with Gasteiger partial charge in [0.05, 0.1) is 40.2 Å². The van der Waals surface area contributed by atoms with Gasteiger partial charge in [-0.25, -0.2) is 4.79 Å². The van der Waals surface area contributed by atoms with E-state index in [1.165, 1.54) is 21.3 Å². The first-order chi connectivity index (χ1) is 13.6. The van der Waals surface area contributed by atoms with Crippen LogP contribution in [0, 0.1) is 0 Å². The van der Waals surface area contributed by atoms with Crippen molar-refractivity contribution < 1.29 is 28.5 Å². The molecule has 0 aliphatic carbocycles. The van der Waals surface area contributed by atoms with Gasteiger partial charge in [0.2, 0.25) is 5.75 Å². The quantitative estimate of drug-likeness (QED) is 0.791. The van der Waals surface area contributed by atoms with Crippen LogP contribution in [0.3, 0.4) is 0 Å². The van der Waals surface area contributed by atoms with Crippen LogP contribution in [0.1, 0.15) is 5.56 Å². The van der Waals surface area contributed by atoms with Gasteiger partial charge in [-0.15, -0.1) is 0 Å². The minimum atomic E-state index is -0.353. The number of benzene rings is 2. The molecule has 8 heteroatoms. The van der Waals surface area contributed by atoms with Gasteiger partial charge in [-0.05, 0) is 30.2 Å². The fourth-order valence-electron chi connectivity index (χ4n) is 3.10. The summed E-state index contributed by atoms with van der Waals surface area (Å²) in [6, 6.07) is 8.46. The highest BCUT2D eigenvalue weighted by atomic mass is 16.5. The van der Waals surface area contributed by atoms with Gasteiger partial charge in [-0.2, -0.15) is 0 Å². The Balaban J connectivity index is 1.67. The molecule has 0 radical (unpaired) electrons. The van der Waals surface area contributed by atoms with E-state index in [0.29, 0.717) is 36.0 Å². The van der Waals surface area contributed by atoms with Gasteiger partial charge >= 0.3 is 6.03 Å². The molecule has 1 aliphatic rings. The second-order valence-corrected chi connectivity index (χ2v) is 6.20. The van der Waals surface area contributed by atoms with Gasteiger partial charge in [-0.1, -0.05) is 0 Å². The number of fused-ring (bicyclic) bond motifs is 1. The Bertz CT molecular complexity index is 830. The van der Waals surface area contributed by atoms with Gasteiger partial charge in [0.15, 0.2) is 11.5 Å². The average Bonchev–Trinajstić information content (AvgIpc) is 2.72. The number of rotatable bonds is 6. The number of anilines is 1. The molecule has 8 nitrogen and oxygen atoms in total. The molecule has 0 bridgehead atoms. The molecule has 1 heterocycles. The molecule has 3 rings (SSSR count). The molecule has 1 unspecified atom stereocenters. The highest BCUT2D eigenvalue weighted by Gasteiger charge is 2.22. The summed E-state index contributed by atoms with van der Waals surface area (Å²) in [5.74, 6) is 2.94. The Morgan fingerprint density at radius 3 is 2.32 bits per heavy atom. The molecular weight excluding hydrogens is 364 g/mol. The lowest BCUT2D eigenvalue weighted by molar-refractivity contribution is 0.222. The first-order valence-corrected chi connectivity index (χ1v) is 8.75. The Labute approximate surface area is 163 Å². The molecular formula is C20H24N2O6. The van der Waals surface area contributed by atoms with Crippen molar-refractivity contribution in [2.75, 3.05) is 40.4 Å². The van der Waals surface area contributed by atoms with Crippen LogP contribution >= 0.6 is 0 Å². The van der Waals surface area contributed by atoms with Crippen LogP contribution in [0.2, 0.25) is 0 Å². The summed E-state index contributed by atoms with van der Waals surface area (Å²) in [6.07, 6.45) is 0.648. The molecule has 2 N–H and O–H groups in total. The van der Waals surface area contributed by atoms with Crippen molar-refractivity contribution in [3.05, 3.63) is 35.9 Å². The zero-order valence-corrected chi connectivity index (χ0v) is 16.3. The predicted molar refractivity (Wildman–Crippen MR) is 104 cm³/mol. The van der Waals surface area contributed by atoms with Crippen LogP contribution in [0.4, 0.5) is 10.5 Å². The van der Waals surface area contributed by atoms with E-state index in [4.69, 9.17) is 23.7 Å². The molecule has 2 aromatic rings. The van der Waals surface area contributed by atoms with E-state index in [1.807, 2.05) is 18.2 Å². The molecule has 1 aliphatic heterocycles. The SMILES string of the molecule is COc1ccc2c(c1)CC(NC(=O)Nc1cc(OC)c(OC)c(OC)c1)CO2. The third-order valence-corrected chi connectivity index (χ3v) is 4.43. The van der Waals surface area contributed by atoms with Gasteiger partial charge in [-0.3, -0.25) is 0 Å². The van der Waals surface area contributed by atoms with Crippen LogP contribution < -0.4 is 34.3 Å². The zero-order chi connectivity index (χ0) is 20.1. The lowest BCUT2D eigenvalue weighted by Gasteiger charge is -2.26. The van der Waals surface area contributed by atoms with E-state index in [-0.39, 0.29) is 12.1 Å². The summed E-state index contributed by atoms with van der Waals surface area (Å²) < 4.78 is 26.9. The molecule has 2 aromatic carbocycles. The number of hydrogen-bond donors (Lipinski definition) is 2. The first kappa shape index (κ1) is 19.5. The van der Waals surface area contributed by atoms with Crippen molar-refractivity contribution in [2.24, 2.45) is 0 Å². The van der Waals surface area contributed by atoms with E-state index in [1.54, 1.807) is 19.2 Å². The monoisotopic (exact) mass is 388 g/mol. The average molecular weight is 388 g/mol. The van der Waals surface area contributed by atoms with Crippen LogP contribution in [-0.4, -0.2) is 47.1 Å². The maximum absolute atomic E-state index is 12.5. The molecule has 2 amide bonds. The fraction of sp³-hybridized carbons (Fsp3) is 0.350. The molecule has 1 atom stereocenters. The number of nitrogens with one attached hydrogen (secondary N) is 2. The maximum atomic E-state index is 12.5. The van der Waals surface area contributed by atoms with Crippen molar-refractivity contribution in [3.8, 4) is 28.7 Å². The number of methoxy groups -OCH3 is 4. The van der Waals surface area contributed by atoms with Crippen molar-refractivity contribution >= 4 is 11.7 Å². The maximum Gasteiger partial charge on any atom is 0.319 e. The van der Waals surface area contributed by atoms with Gasteiger partial charge < -0.3 is 34.3 Å². The number of hydrogen-bond acceptors (Lipinski definition) is 6. The highest BCUT2D eigenvalue weighted by Crippen LogP contribution is 2.39. The minimum absolute atomic E-state index is 0.165. The zero-order valence-electron chi connectivity index (χ0n) is 16.3. The van der Waals surface area contributed by atoms with Gasteiger partial charge in [0.25, 0.3) is 0 Å². The van der Waals surface area contributed by atoms with Crippen molar-refractivity contribution in [1.29, 1.82) is 0 Å².